The van der Waals surface area contributed by atoms with Crippen molar-refractivity contribution in [2.75, 3.05) is 0 Å². The van der Waals surface area contributed by atoms with Gasteiger partial charge in [-0.3, -0.25) is 9.59 Å². The summed E-state index contributed by atoms with van der Waals surface area (Å²) in [7, 11) is 0. The summed E-state index contributed by atoms with van der Waals surface area (Å²) in [6, 6.07) is 2.69. The molecule has 0 aliphatic carbocycles. The van der Waals surface area contributed by atoms with Crippen molar-refractivity contribution in [3.63, 3.8) is 0 Å². The largest absolute Gasteiger partial charge is 0.459 e. The average Bonchev–Trinajstić information content (AvgIpc) is 2.55. The summed E-state index contributed by atoms with van der Waals surface area (Å²) in [6.45, 7) is 3.05. The van der Waals surface area contributed by atoms with Crippen molar-refractivity contribution in [3.8, 4) is 0 Å². The van der Waals surface area contributed by atoms with Crippen molar-refractivity contribution in [3.05, 3.63) is 24.2 Å². The molecule has 1 aromatic heterocycles. The molecule has 0 aliphatic heterocycles. The van der Waals surface area contributed by atoms with E-state index < -0.39 is 6.04 Å². The Kier molecular flexibility index (Phi) is 2.84. The third kappa shape index (κ3) is 2.43. The predicted molar refractivity (Wildman–Crippen MR) is 46.3 cm³/mol. The summed E-state index contributed by atoms with van der Waals surface area (Å²) in [5.74, 6) is -0.235. The van der Waals surface area contributed by atoms with Gasteiger partial charge in [0.15, 0.2) is 11.5 Å². The van der Waals surface area contributed by atoms with Crippen LogP contribution in [0.5, 0.6) is 0 Å². The number of nitrogens with one attached hydrogen (secondary N) is 1. The first kappa shape index (κ1) is 9.51. The SMILES string of the molecule is CC(=O)[C@H](C)NC(=O)c1ccco1. The van der Waals surface area contributed by atoms with Gasteiger partial charge in [-0.25, -0.2) is 0 Å². The minimum Gasteiger partial charge on any atom is -0.459 e. The number of hydrogen-bond donors (Lipinski definition) is 1. The molecule has 1 rings (SSSR count). The zero-order chi connectivity index (χ0) is 9.84. The number of ketones is 1. The third-order valence-corrected chi connectivity index (χ3v) is 1.70. The summed E-state index contributed by atoms with van der Waals surface area (Å²) < 4.78 is 4.85. The van der Waals surface area contributed by atoms with Gasteiger partial charge in [-0.05, 0) is 26.0 Å². The van der Waals surface area contributed by atoms with Crippen LogP contribution in [0.3, 0.4) is 0 Å². The maximum Gasteiger partial charge on any atom is 0.287 e. The second kappa shape index (κ2) is 3.89. The number of carbonyl (C=O) groups excluding carboxylic acids is 2. The first-order valence-corrected chi connectivity index (χ1v) is 3.96. The molecule has 70 valence electrons. The predicted octanol–water partition coefficient (Wildman–Crippen LogP) is 0.987. The lowest BCUT2D eigenvalue weighted by Gasteiger charge is -2.07. The number of amides is 1. The van der Waals surface area contributed by atoms with E-state index >= 15 is 0 Å². The van der Waals surface area contributed by atoms with Crippen molar-refractivity contribution in [1.82, 2.24) is 5.32 Å². The van der Waals surface area contributed by atoms with Crippen molar-refractivity contribution < 1.29 is 14.0 Å². The van der Waals surface area contributed by atoms with Crippen LogP contribution < -0.4 is 5.32 Å². The van der Waals surface area contributed by atoms with E-state index in [4.69, 9.17) is 4.42 Å². The maximum atomic E-state index is 11.3. The molecule has 0 radical (unpaired) electrons. The molecule has 1 aromatic rings. The minimum absolute atomic E-state index is 0.0834. The Morgan fingerprint density at radius 2 is 2.23 bits per heavy atom. The van der Waals surface area contributed by atoms with Gasteiger partial charge in [0.05, 0.1) is 12.3 Å². The van der Waals surface area contributed by atoms with E-state index in [0.717, 1.165) is 0 Å². The second-order valence-corrected chi connectivity index (χ2v) is 2.78. The first-order chi connectivity index (χ1) is 6.11. The van der Waals surface area contributed by atoms with Crippen LogP contribution in [0.15, 0.2) is 22.8 Å². The van der Waals surface area contributed by atoms with E-state index in [1.165, 1.54) is 13.2 Å². The highest BCUT2D eigenvalue weighted by Crippen LogP contribution is 1.99. The number of rotatable bonds is 3. The minimum atomic E-state index is -0.474. The maximum absolute atomic E-state index is 11.3. The molecule has 4 nitrogen and oxygen atoms in total. The van der Waals surface area contributed by atoms with Crippen LogP contribution in [0.25, 0.3) is 0 Å². The molecule has 1 amide bonds. The summed E-state index contributed by atoms with van der Waals surface area (Å²) in [6.07, 6.45) is 1.41. The second-order valence-electron chi connectivity index (χ2n) is 2.78. The molecule has 1 heterocycles. The van der Waals surface area contributed by atoms with Gasteiger partial charge >= 0.3 is 0 Å². The van der Waals surface area contributed by atoms with Gasteiger partial charge in [0.2, 0.25) is 0 Å². The molecule has 0 aromatic carbocycles. The Morgan fingerprint density at radius 1 is 1.54 bits per heavy atom. The summed E-state index contributed by atoms with van der Waals surface area (Å²) >= 11 is 0. The van der Waals surface area contributed by atoms with Crippen LogP contribution in [0.1, 0.15) is 24.4 Å². The monoisotopic (exact) mass is 181 g/mol. The first-order valence-electron chi connectivity index (χ1n) is 3.96. The van der Waals surface area contributed by atoms with E-state index in [1.54, 1.807) is 19.1 Å². The zero-order valence-electron chi connectivity index (χ0n) is 7.53. The van der Waals surface area contributed by atoms with Crippen LogP contribution in [-0.2, 0) is 4.79 Å². The Hall–Kier alpha value is -1.58. The van der Waals surface area contributed by atoms with E-state index in [9.17, 15) is 9.59 Å². The molecule has 4 heteroatoms. The Bertz CT molecular complexity index is 303. The molecule has 0 spiro atoms. The Morgan fingerprint density at radius 3 is 2.69 bits per heavy atom. The van der Waals surface area contributed by atoms with Gasteiger partial charge in [0.25, 0.3) is 5.91 Å². The zero-order valence-corrected chi connectivity index (χ0v) is 7.53. The standard InChI is InChI=1S/C9H11NO3/c1-6(7(2)11)10-9(12)8-4-3-5-13-8/h3-6H,1-2H3,(H,10,12)/t6-/m0/s1. The quantitative estimate of drug-likeness (QED) is 0.756. The molecular formula is C9H11NO3. The molecular weight excluding hydrogens is 170 g/mol. The van der Waals surface area contributed by atoms with Gasteiger partial charge < -0.3 is 9.73 Å². The van der Waals surface area contributed by atoms with Crippen LogP contribution in [0.2, 0.25) is 0 Å². The van der Waals surface area contributed by atoms with E-state index in [1.807, 2.05) is 0 Å². The highest BCUT2D eigenvalue weighted by atomic mass is 16.3. The van der Waals surface area contributed by atoms with Crippen molar-refractivity contribution >= 4 is 11.7 Å². The highest BCUT2D eigenvalue weighted by molar-refractivity contribution is 5.95. The van der Waals surface area contributed by atoms with Crippen LogP contribution in [-0.4, -0.2) is 17.7 Å². The average molecular weight is 181 g/mol. The molecule has 0 aliphatic rings. The van der Waals surface area contributed by atoms with E-state index in [0.29, 0.717) is 0 Å². The van der Waals surface area contributed by atoms with Crippen LogP contribution >= 0.6 is 0 Å². The van der Waals surface area contributed by atoms with Gasteiger partial charge in [0.1, 0.15) is 0 Å². The van der Waals surface area contributed by atoms with Gasteiger partial charge in [-0.15, -0.1) is 0 Å². The summed E-state index contributed by atoms with van der Waals surface area (Å²) in [5.41, 5.74) is 0. The molecule has 1 N–H and O–H groups in total. The van der Waals surface area contributed by atoms with Gasteiger partial charge in [-0.1, -0.05) is 0 Å². The topological polar surface area (TPSA) is 59.3 Å². The fourth-order valence-electron chi connectivity index (χ4n) is 0.777. The number of furan rings is 1. The number of Topliss-reactive ketones (excluding diaryl/α,β-unsaturated/α-hetero) is 1. The Balaban J connectivity index is 2.56. The summed E-state index contributed by atoms with van der Waals surface area (Å²) in [4.78, 5) is 22.1. The van der Waals surface area contributed by atoms with Gasteiger partial charge in [0, 0.05) is 0 Å². The molecule has 0 saturated heterocycles. The van der Waals surface area contributed by atoms with Crippen molar-refractivity contribution in [2.24, 2.45) is 0 Å². The fraction of sp³-hybridized carbons (Fsp3) is 0.333. The number of carbonyl (C=O) groups is 2. The molecule has 0 bridgehead atoms. The fourth-order valence-corrected chi connectivity index (χ4v) is 0.777. The lowest BCUT2D eigenvalue weighted by Crippen LogP contribution is -2.37. The van der Waals surface area contributed by atoms with Gasteiger partial charge in [-0.2, -0.15) is 0 Å². The summed E-state index contributed by atoms with van der Waals surface area (Å²) in [5, 5.41) is 2.50. The van der Waals surface area contributed by atoms with Crippen molar-refractivity contribution in [1.29, 1.82) is 0 Å². The smallest absolute Gasteiger partial charge is 0.287 e. The number of hydrogen-bond acceptors (Lipinski definition) is 3. The molecule has 0 saturated carbocycles. The molecule has 13 heavy (non-hydrogen) atoms. The molecule has 0 unspecified atom stereocenters. The lowest BCUT2D eigenvalue weighted by atomic mass is 10.2. The Labute approximate surface area is 75.9 Å². The third-order valence-electron chi connectivity index (χ3n) is 1.70. The van der Waals surface area contributed by atoms with Crippen molar-refractivity contribution in [2.45, 2.75) is 19.9 Å². The van der Waals surface area contributed by atoms with E-state index in [-0.39, 0.29) is 17.5 Å². The molecule has 0 fully saturated rings. The normalized spacial score (nSPS) is 12.2. The molecule has 1 atom stereocenters. The highest BCUT2D eigenvalue weighted by Gasteiger charge is 2.14. The van der Waals surface area contributed by atoms with Crippen LogP contribution in [0.4, 0.5) is 0 Å². The van der Waals surface area contributed by atoms with Crippen LogP contribution in [0, 0.1) is 0 Å². The lowest BCUT2D eigenvalue weighted by molar-refractivity contribution is -0.118. The van der Waals surface area contributed by atoms with E-state index in [2.05, 4.69) is 5.32 Å².